The molecule has 1 unspecified atom stereocenters. The summed E-state index contributed by atoms with van der Waals surface area (Å²) in [5.41, 5.74) is -0.0531. The largest absolute Gasteiger partial charge is 0.377 e. The number of hydrogen-bond donors (Lipinski definition) is 1. The Bertz CT molecular complexity index is 123. The molecule has 0 saturated carbocycles. The summed E-state index contributed by atoms with van der Waals surface area (Å²) in [5.74, 6) is 0. The van der Waals surface area contributed by atoms with Crippen molar-refractivity contribution in [3.63, 3.8) is 0 Å². The molecule has 1 N–H and O–H groups in total. The first kappa shape index (κ1) is 12.9. The fourth-order valence-corrected chi connectivity index (χ4v) is 1.58. The molecular weight excluding hydrogens is 162 g/mol. The van der Waals surface area contributed by atoms with Crippen molar-refractivity contribution < 1.29 is 4.74 Å². The van der Waals surface area contributed by atoms with Crippen LogP contribution >= 0.6 is 0 Å². The number of ether oxygens (including phenoxy) is 1. The second-order valence-electron chi connectivity index (χ2n) is 4.14. The summed E-state index contributed by atoms with van der Waals surface area (Å²) >= 11 is 0. The Hall–Kier alpha value is -0.0800. The standard InChI is InChI=1S/C11H25NO/c1-6-7-8-9-10(12-4)11(2,3)13-5/h10,12H,6-9H2,1-5H3. The molecule has 0 aromatic heterocycles. The van der Waals surface area contributed by atoms with E-state index in [2.05, 4.69) is 26.1 Å². The van der Waals surface area contributed by atoms with E-state index in [1.54, 1.807) is 7.11 Å². The van der Waals surface area contributed by atoms with Crippen LogP contribution < -0.4 is 5.32 Å². The zero-order valence-electron chi connectivity index (χ0n) is 9.81. The third-order valence-corrected chi connectivity index (χ3v) is 2.81. The first-order valence-electron chi connectivity index (χ1n) is 5.31. The fourth-order valence-electron chi connectivity index (χ4n) is 1.58. The molecule has 0 aliphatic heterocycles. The van der Waals surface area contributed by atoms with Gasteiger partial charge in [-0.15, -0.1) is 0 Å². The minimum atomic E-state index is -0.0531. The van der Waals surface area contributed by atoms with Crippen LogP contribution in [0, 0.1) is 0 Å². The van der Waals surface area contributed by atoms with E-state index in [0.717, 1.165) is 0 Å². The maximum absolute atomic E-state index is 5.46. The molecule has 0 spiro atoms. The van der Waals surface area contributed by atoms with Gasteiger partial charge >= 0.3 is 0 Å². The van der Waals surface area contributed by atoms with Gasteiger partial charge in [-0.05, 0) is 27.3 Å². The number of nitrogens with one attached hydrogen (secondary N) is 1. The van der Waals surface area contributed by atoms with Crippen molar-refractivity contribution in [3.05, 3.63) is 0 Å². The number of likely N-dealkylation sites (N-methyl/N-ethyl adjacent to an activating group) is 1. The first-order valence-corrected chi connectivity index (χ1v) is 5.31. The van der Waals surface area contributed by atoms with Gasteiger partial charge < -0.3 is 10.1 Å². The Morgan fingerprint density at radius 2 is 1.92 bits per heavy atom. The van der Waals surface area contributed by atoms with E-state index in [9.17, 15) is 0 Å². The third-order valence-electron chi connectivity index (χ3n) is 2.81. The summed E-state index contributed by atoms with van der Waals surface area (Å²) in [4.78, 5) is 0. The molecule has 80 valence electrons. The predicted molar refractivity (Wildman–Crippen MR) is 58.1 cm³/mol. The topological polar surface area (TPSA) is 21.3 Å². The Kier molecular flexibility index (Phi) is 6.35. The molecule has 0 saturated heterocycles. The molecule has 2 nitrogen and oxygen atoms in total. The lowest BCUT2D eigenvalue weighted by Gasteiger charge is -2.33. The van der Waals surface area contributed by atoms with Gasteiger partial charge in [0.1, 0.15) is 0 Å². The summed E-state index contributed by atoms with van der Waals surface area (Å²) < 4.78 is 5.46. The van der Waals surface area contributed by atoms with E-state index < -0.39 is 0 Å². The van der Waals surface area contributed by atoms with Crippen LogP contribution in [0.15, 0.2) is 0 Å². The number of unbranched alkanes of at least 4 members (excludes halogenated alkanes) is 2. The maximum atomic E-state index is 5.46. The molecule has 0 heterocycles. The van der Waals surface area contributed by atoms with Gasteiger partial charge in [-0.25, -0.2) is 0 Å². The maximum Gasteiger partial charge on any atom is 0.0774 e. The highest BCUT2D eigenvalue weighted by molar-refractivity contribution is 4.84. The second-order valence-corrected chi connectivity index (χ2v) is 4.14. The number of hydrogen-bond acceptors (Lipinski definition) is 2. The van der Waals surface area contributed by atoms with Gasteiger partial charge in [0.25, 0.3) is 0 Å². The smallest absolute Gasteiger partial charge is 0.0774 e. The van der Waals surface area contributed by atoms with Crippen LogP contribution in [0.5, 0.6) is 0 Å². The summed E-state index contributed by atoms with van der Waals surface area (Å²) in [5, 5.41) is 3.33. The van der Waals surface area contributed by atoms with Crippen molar-refractivity contribution >= 4 is 0 Å². The Balaban J connectivity index is 3.87. The Labute approximate surface area is 83.1 Å². The zero-order valence-corrected chi connectivity index (χ0v) is 9.81. The van der Waals surface area contributed by atoms with Gasteiger partial charge in [0.2, 0.25) is 0 Å². The summed E-state index contributed by atoms with van der Waals surface area (Å²) in [6.45, 7) is 6.51. The number of rotatable bonds is 7. The van der Waals surface area contributed by atoms with Gasteiger partial charge in [0.05, 0.1) is 5.60 Å². The average Bonchev–Trinajstić information content (AvgIpc) is 2.12. The van der Waals surface area contributed by atoms with Crippen LogP contribution in [-0.4, -0.2) is 25.8 Å². The highest BCUT2D eigenvalue weighted by Gasteiger charge is 2.26. The molecule has 0 rings (SSSR count). The molecule has 1 atom stereocenters. The highest BCUT2D eigenvalue weighted by atomic mass is 16.5. The van der Waals surface area contributed by atoms with Gasteiger partial charge in [0, 0.05) is 13.2 Å². The Morgan fingerprint density at radius 1 is 1.31 bits per heavy atom. The van der Waals surface area contributed by atoms with Gasteiger partial charge in [-0.1, -0.05) is 26.2 Å². The second kappa shape index (κ2) is 6.39. The van der Waals surface area contributed by atoms with E-state index in [1.807, 2.05) is 7.05 Å². The Morgan fingerprint density at radius 3 is 2.31 bits per heavy atom. The molecule has 0 bridgehead atoms. The molecule has 0 aromatic rings. The van der Waals surface area contributed by atoms with Crippen LogP contribution in [0.1, 0.15) is 46.5 Å². The average molecular weight is 187 g/mol. The molecule has 2 heteroatoms. The molecule has 13 heavy (non-hydrogen) atoms. The minimum Gasteiger partial charge on any atom is -0.377 e. The first-order chi connectivity index (χ1) is 6.08. The lowest BCUT2D eigenvalue weighted by molar-refractivity contribution is -0.0110. The third kappa shape index (κ3) is 4.63. The molecule has 0 amide bonds. The summed E-state index contributed by atoms with van der Waals surface area (Å²) in [6, 6.07) is 0.462. The van der Waals surface area contributed by atoms with Gasteiger partial charge in [-0.3, -0.25) is 0 Å². The monoisotopic (exact) mass is 187 g/mol. The van der Waals surface area contributed by atoms with Crippen LogP contribution in [0.3, 0.4) is 0 Å². The van der Waals surface area contributed by atoms with E-state index in [0.29, 0.717) is 6.04 Å². The molecule has 0 aliphatic rings. The normalized spacial score (nSPS) is 14.5. The lowest BCUT2D eigenvalue weighted by atomic mass is 9.93. The van der Waals surface area contributed by atoms with E-state index in [1.165, 1.54) is 25.7 Å². The lowest BCUT2D eigenvalue weighted by Crippen LogP contribution is -2.46. The van der Waals surface area contributed by atoms with E-state index in [-0.39, 0.29) is 5.60 Å². The van der Waals surface area contributed by atoms with Crippen molar-refractivity contribution in [2.45, 2.75) is 58.1 Å². The summed E-state index contributed by atoms with van der Waals surface area (Å²) in [7, 11) is 3.79. The molecule has 0 aliphatic carbocycles. The quantitative estimate of drug-likeness (QED) is 0.619. The molecule has 0 fully saturated rings. The van der Waals surface area contributed by atoms with E-state index >= 15 is 0 Å². The van der Waals surface area contributed by atoms with Crippen molar-refractivity contribution in [2.75, 3.05) is 14.2 Å². The number of methoxy groups -OCH3 is 1. The van der Waals surface area contributed by atoms with Crippen LogP contribution in [0.4, 0.5) is 0 Å². The zero-order chi connectivity index (χ0) is 10.3. The van der Waals surface area contributed by atoms with E-state index in [4.69, 9.17) is 4.74 Å². The molecular formula is C11H25NO. The van der Waals surface area contributed by atoms with Crippen molar-refractivity contribution in [1.82, 2.24) is 5.32 Å². The minimum absolute atomic E-state index is 0.0531. The van der Waals surface area contributed by atoms with Crippen LogP contribution in [0.2, 0.25) is 0 Å². The highest BCUT2D eigenvalue weighted by Crippen LogP contribution is 2.18. The summed E-state index contributed by atoms with van der Waals surface area (Å²) in [6.07, 6.45) is 5.09. The van der Waals surface area contributed by atoms with Gasteiger partial charge in [-0.2, -0.15) is 0 Å². The van der Waals surface area contributed by atoms with Crippen molar-refractivity contribution in [3.8, 4) is 0 Å². The van der Waals surface area contributed by atoms with Crippen molar-refractivity contribution in [1.29, 1.82) is 0 Å². The van der Waals surface area contributed by atoms with Gasteiger partial charge in [0.15, 0.2) is 0 Å². The predicted octanol–water partition coefficient (Wildman–Crippen LogP) is 2.58. The SMILES string of the molecule is CCCCCC(NC)C(C)(C)OC. The van der Waals surface area contributed by atoms with Crippen LogP contribution in [0.25, 0.3) is 0 Å². The fraction of sp³-hybridized carbons (Fsp3) is 1.00. The molecule has 0 aromatic carbocycles. The van der Waals surface area contributed by atoms with Crippen LogP contribution in [-0.2, 0) is 4.74 Å². The molecule has 0 radical (unpaired) electrons. The van der Waals surface area contributed by atoms with Crippen molar-refractivity contribution in [2.24, 2.45) is 0 Å².